The van der Waals surface area contributed by atoms with Gasteiger partial charge in [0.05, 0.1) is 0 Å². The maximum atomic E-state index is 12.1. The molecule has 1 aromatic heterocycles. The summed E-state index contributed by atoms with van der Waals surface area (Å²) in [7, 11) is 0. The second-order valence-electron chi connectivity index (χ2n) is 7.53. The number of piperidine rings is 1. The average Bonchev–Trinajstić information content (AvgIpc) is 2.68. The maximum absolute atomic E-state index is 12.1. The third-order valence-electron chi connectivity index (χ3n) is 4.92. The summed E-state index contributed by atoms with van der Waals surface area (Å²) in [4.78, 5) is 18.0. The fourth-order valence-electron chi connectivity index (χ4n) is 3.38. The Morgan fingerprint density at radius 3 is 2.37 bits per heavy atom. The molecule has 2 heterocycles. The lowest BCUT2D eigenvalue weighted by Gasteiger charge is -2.32. The van der Waals surface area contributed by atoms with E-state index in [-0.39, 0.29) is 12.1 Å². The molecule has 5 heteroatoms. The number of hydrogen-bond donors (Lipinski definition) is 1. The van der Waals surface area contributed by atoms with Gasteiger partial charge in [-0.1, -0.05) is 24.3 Å². The molecule has 0 spiro atoms. The molecular formula is C22H29N3O2. The van der Waals surface area contributed by atoms with E-state index in [1.165, 1.54) is 5.56 Å². The summed E-state index contributed by atoms with van der Waals surface area (Å²) in [6.45, 7) is 6.25. The van der Waals surface area contributed by atoms with E-state index in [0.29, 0.717) is 12.5 Å². The van der Waals surface area contributed by atoms with Crippen LogP contribution in [0.3, 0.4) is 0 Å². The number of urea groups is 1. The van der Waals surface area contributed by atoms with Crippen LogP contribution in [0.2, 0.25) is 0 Å². The summed E-state index contributed by atoms with van der Waals surface area (Å²) in [5.74, 6) is 1.48. The molecule has 1 N–H and O–H groups in total. The third kappa shape index (κ3) is 5.98. The predicted octanol–water partition coefficient (Wildman–Crippen LogP) is 4.03. The topological polar surface area (TPSA) is 54.5 Å². The zero-order valence-corrected chi connectivity index (χ0v) is 16.2. The van der Waals surface area contributed by atoms with E-state index in [9.17, 15) is 4.79 Å². The highest BCUT2D eigenvalue weighted by Gasteiger charge is 2.23. The van der Waals surface area contributed by atoms with Crippen molar-refractivity contribution in [2.24, 2.45) is 5.92 Å². The summed E-state index contributed by atoms with van der Waals surface area (Å²) in [6, 6.07) is 12.7. The predicted molar refractivity (Wildman–Crippen MR) is 107 cm³/mol. The molecule has 0 bridgehead atoms. The molecule has 2 amide bonds. The van der Waals surface area contributed by atoms with Gasteiger partial charge in [-0.15, -0.1) is 0 Å². The number of hydrogen-bond acceptors (Lipinski definition) is 3. The first kappa shape index (κ1) is 19.2. The Labute approximate surface area is 161 Å². The van der Waals surface area contributed by atoms with E-state index < -0.39 is 0 Å². The van der Waals surface area contributed by atoms with Crippen LogP contribution < -0.4 is 10.1 Å². The monoisotopic (exact) mass is 367 g/mol. The van der Waals surface area contributed by atoms with E-state index in [1.54, 1.807) is 12.4 Å². The Hall–Kier alpha value is -2.56. The molecule has 5 nitrogen and oxygen atoms in total. The van der Waals surface area contributed by atoms with Crippen LogP contribution in [-0.4, -0.2) is 35.0 Å². The molecule has 1 aliphatic rings. The minimum Gasteiger partial charge on any atom is -0.489 e. The number of ether oxygens (including phenoxy) is 1. The van der Waals surface area contributed by atoms with Crippen LogP contribution in [0.5, 0.6) is 5.75 Å². The second kappa shape index (κ2) is 9.40. The second-order valence-corrected chi connectivity index (χ2v) is 7.53. The number of aromatic nitrogens is 1. The largest absolute Gasteiger partial charge is 0.489 e. The van der Waals surface area contributed by atoms with Crippen molar-refractivity contribution in [1.29, 1.82) is 0 Å². The smallest absolute Gasteiger partial charge is 0.317 e. The van der Waals surface area contributed by atoms with Crippen molar-refractivity contribution in [2.45, 2.75) is 45.8 Å². The van der Waals surface area contributed by atoms with Crippen LogP contribution in [0.4, 0.5) is 4.79 Å². The third-order valence-corrected chi connectivity index (χ3v) is 4.92. The summed E-state index contributed by atoms with van der Waals surface area (Å²) in [5, 5.41) is 2.98. The first-order valence-electron chi connectivity index (χ1n) is 9.76. The van der Waals surface area contributed by atoms with Gasteiger partial charge in [0.15, 0.2) is 0 Å². The highest BCUT2D eigenvalue weighted by molar-refractivity contribution is 5.74. The van der Waals surface area contributed by atoms with Gasteiger partial charge >= 0.3 is 6.03 Å². The number of carbonyl (C=O) groups excluding carboxylic acids is 1. The van der Waals surface area contributed by atoms with Crippen molar-refractivity contribution in [3.05, 3.63) is 59.9 Å². The van der Waals surface area contributed by atoms with Crippen LogP contribution in [0, 0.1) is 5.92 Å². The van der Waals surface area contributed by atoms with Crippen LogP contribution in [0.1, 0.15) is 37.8 Å². The standard InChI is InChI=1S/C22H29N3O2/c1-17(2)24-22(26)25-13-9-19(10-14-25)15-18-3-5-20(6-4-18)16-27-21-7-11-23-12-8-21/h3-8,11-12,17,19H,9-10,13-16H2,1-2H3,(H,24,26). The molecule has 0 aliphatic carbocycles. The highest BCUT2D eigenvalue weighted by Crippen LogP contribution is 2.22. The van der Waals surface area contributed by atoms with Crippen molar-refractivity contribution >= 4 is 6.03 Å². The molecule has 0 radical (unpaired) electrons. The summed E-state index contributed by atoms with van der Waals surface area (Å²) < 4.78 is 5.76. The average molecular weight is 367 g/mol. The minimum absolute atomic E-state index is 0.0713. The zero-order valence-electron chi connectivity index (χ0n) is 16.2. The van der Waals surface area contributed by atoms with Crippen molar-refractivity contribution in [3.63, 3.8) is 0 Å². The van der Waals surface area contributed by atoms with E-state index in [1.807, 2.05) is 30.9 Å². The zero-order chi connectivity index (χ0) is 19.1. The number of amides is 2. The molecule has 1 aliphatic heterocycles. The van der Waals surface area contributed by atoms with E-state index >= 15 is 0 Å². The number of pyridine rings is 1. The van der Waals surface area contributed by atoms with Crippen LogP contribution in [0.25, 0.3) is 0 Å². The van der Waals surface area contributed by atoms with E-state index in [0.717, 1.165) is 43.7 Å². The fourth-order valence-corrected chi connectivity index (χ4v) is 3.38. The van der Waals surface area contributed by atoms with Crippen molar-refractivity contribution < 1.29 is 9.53 Å². The van der Waals surface area contributed by atoms with Gasteiger partial charge < -0.3 is 15.0 Å². The Balaban J connectivity index is 1.43. The fraction of sp³-hybridized carbons (Fsp3) is 0.455. The molecule has 144 valence electrons. The molecule has 1 fully saturated rings. The number of rotatable bonds is 6. The number of nitrogens with zero attached hydrogens (tertiary/aromatic N) is 2. The lowest BCUT2D eigenvalue weighted by molar-refractivity contribution is 0.168. The first-order chi connectivity index (χ1) is 13.1. The van der Waals surface area contributed by atoms with E-state index in [4.69, 9.17) is 4.74 Å². The number of likely N-dealkylation sites (tertiary alicyclic amines) is 1. The SMILES string of the molecule is CC(C)NC(=O)N1CCC(Cc2ccc(COc3ccncc3)cc2)CC1. The molecular weight excluding hydrogens is 338 g/mol. The molecule has 0 saturated carbocycles. The van der Waals surface area contributed by atoms with Gasteiger partial charge in [0, 0.05) is 31.5 Å². The van der Waals surface area contributed by atoms with Gasteiger partial charge in [0.1, 0.15) is 12.4 Å². The van der Waals surface area contributed by atoms with Gasteiger partial charge in [-0.3, -0.25) is 4.98 Å². The van der Waals surface area contributed by atoms with Crippen molar-refractivity contribution in [1.82, 2.24) is 15.2 Å². The van der Waals surface area contributed by atoms with Crippen LogP contribution in [0.15, 0.2) is 48.8 Å². The molecule has 1 saturated heterocycles. The quantitative estimate of drug-likeness (QED) is 0.838. The summed E-state index contributed by atoms with van der Waals surface area (Å²) in [6.07, 6.45) is 6.67. The van der Waals surface area contributed by atoms with E-state index in [2.05, 4.69) is 34.6 Å². The van der Waals surface area contributed by atoms with Gasteiger partial charge in [0.2, 0.25) is 0 Å². The number of benzene rings is 1. The normalized spacial score (nSPS) is 15.0. The molecule has 2 aromatic rings. The maximum Gasteiger partial charge on any atom is 0.317 e. The highest BCUT2D eigenvalue weighted by atomic mass is 16.5. The number of nitrogens with one attached hydrogen (secondary N) is 1. The van der Waals surface area contributed by atoms with Crippen molar-refractivity contribution in [3.8, 4) is 5.75 Å². The molecule has 1 aromatic carbocycles. The Bertz CT molecular complexity index is 708. The number of carbonyl (C=O) groups is 1. The molecule has 0 unspecified atom stereocenters. The Kier molecular flexibility index (Phi) is 6.69. The van der Waals surface area contributed by atoms with Crippen LogP contribution in [-0.2, 0) is 13.0 Å². The van der Waals surface area contributed by atoms with Gasteiger partial charge in [-0.05, 0) is 62.3 Å². The molecule has 3 rings (SSSR count). The lowest BCUT2D eigenvalue weighted by Crippen LogP contribution is -2.46. The van der Waals surface area contributed by atoms with Gasteiger partial charge in [-0.2, -0.15) is 0 Å². The van der Waals surface area contributed by atoms with Crippen LogP contribution >= 0.6 is 0 Å². The first-order valence-corrected chi connectivity index (χ1v) is 9.76. The lowest BCUT2D eigenvalue weighted by atomic mass is 9.90. The van der Waals surface area contributed by atoms with Gasteiger partial charge in [0.25, 0.3) is 0 Å². The Morgan fingerprint density at radius 2 is 1.74 bits per heavy atom. The van der Waals surface area contributed by atoms with Crippen molar-refractivity contribution in [2.75, 3.05) is 13.1 Å². The Morgan fingerprint density at radius 1 is 1.11 bits per heavy atom. The minimum atomic E-state index is 0.0713. The molecule has 27 heavy (non-hydrogen) atoms. The summed E-state index contributed by atoms with van der Waals surface area (Å²) >= 11 is 0. The molecule has 0 atom stereocenters. The van der Waals surface area contributed by atoms with Gasteiger partial charge in [-0.25, -0.2) is 4.79 Å². The summed E-state index contributed by atoms with van der Waals surface area (Å²) in [5.41, 5.74) is 2.52.